The number of anilines is 2. The molecule has 1 atom stereocenters. The van der Waals surface area contributed by atoms with E-state index >= 15 is 0 Å². The van der Waals surface area contributed by atoms with Crippen LogP contribution in [0.2, 0.25) is 0 Å². The largest absolute Gasteiger partial charge is 0.491 e. The first kappa shape index (κ1) is 38.5. The molecule has 0 unspecified atom stereocenters. The Kier molecular flexibility index (Phi) is 10.7. The number of hydrogen-bond acceptors (Lipinski definition) is 11. The van der Waals surface area contributed by atoms with Gasteiger partial charge in [0.1, 0.15) is 40.5 Å². The molecule has 19 heteroatoms. The number of imidazole rings is 2. The van der Waals surface area contributed by atoms with E-state index in [-0.39, 0.29) is 42.3 Å². The highest BCUT2D eigenvalue weighted by Gasteiger charge is 2.30. The van der Waals surface area contributed by atoms with Crippen LogP contribution in [-0.2, 0) is 19.6 Å². The molecule has 1 aliphatic rings. The molecule has 6 aromatic rings. The number of nitrogens with one attached hydrogen (secondary N) is 2. The summed E-state index contributed by atoms with van der Waals surface area (Å²) in [7, 11) is 0. The van der Waals surface area contributed by atoms with Gasteiger partial charge in [0.2, 0.25) is 23.7 Å². The molecule has 2 aromatic carbocycles. The van der Waals surface area contributed by atoms with E-state index in [4.69, 9.17) is 36.6 Å². The van der Waals surface area contributed by atoms with Crippen LogP contribution in [0, 0.1) is 13.8 Å². The lowest BCUT2D eigenvalue weighted by atomic mass is 10.1. The number of benzene rings is 2. The Morgan fingerprint density at radius 2 is 1.39 bits per heavy atom. The molecule has 298 valence electrons. The highest BCUT2D eigenvalue weighted by atomic mass is 16.5. The third kappa shape index (κ3) is 7.48. The smallest absolute Gasteiger partial charge is 0.276 e. The second kappa shape index (κ2) is 15.8. The van der Waals surface area contributed by atoms with Crippen molar-refractivity contribution in [3.8, 4) is 11.5 Å². The number of ether oxygens (including phenoxy) is 2. The van der Waals surface area contributed by atoms with Crippen molar-refractivity contribution in [3.63, 3.8) is 0 Å². The van der Waals surface area contributed by atoms with Crippen molar-refractivity contribution in [2.45, 2.75) is 72.6 Å². The van der Waals surface area contributed by atoms with Crippen molar-refractivity contribution in [1.29, 1.82) is 0 Å². The Morgan fingerprint density at radius 1 is 0.807 bits per heavy atom. The molecule has 57 heavy (non-hydrogen) atoms. The van der Waals surface area contributed by atoms with Crippen LogP contribution in [-0.4, -0.2) is 82.1 Å². The standard InChI is InChI=1S/C38H45N13O6/c1-5-49-27(13-20(3)46-49)35(54)44-37-42-25-15-22(33(40)52)17-29(56-12-8-10-39)31(25)48(37)11-7-9-24-19-57-30-18-23(34(41)53)16-26-32(30)51(24)38(43-26)45-36(55)28-14-21(4)47-50(28)6-2/h13-18,24H,5-12,19,39H2,1-4H3,(H2,40,52)(H2,41,53)(H,42,44,54)(H,43,45,55)/t24-/m0/s1. The highest BCUT2D eigenvalue weighted by Crippen LogP contribution is 2.39. The Morgan fingerprint density at radius 3 is 1.98 bits per heavy atom. The minimum atomic E-state index is -0.660. The third-order valence-corrected chi connectivity index (χ3v) is 9.77. The predicted octanol–water partition coefficient (Wildman–Crippen LogP) is 3.28. The van der Waals surface area contributed by atoms with E-state index in [0.717, 1.165) is 0 Å². The van der Waals surface area contributed by atoms with Gasteiger partial charge in [-0.1, -0.05) is 0 Å². The summed E-state index contributed by atoms with van der Waals surface area (Å²) >= 11 is 0. The number of aryl methyl sites for hydroxylation is 5. The summed E-state index contributed by atoms with van der Waals surface area (Å²) < 4.78 is 19.3. The van der Waals surface area contributed by atoms with Gasteiger partial charge < -0.3 is 35.8 Å². The van der Waals surface area contributed by atoms with E-state index < -0.39 is 23.6 Å². The Balaban J connectivity index is 1.25. The summed E-state index contributed by atoms with van der Waals surface area (Å²) in [6.45, 7) is 9.59. The summed E-state index contributed by atoms with van der Waals surface area (Å²) in [4.78, 5) is 61.5. The Bertz CT molecular complexity index is 2540. The molecule has 4 aromatic heterocycles. The summed E-state index contributed by atoms with van der Waals surface area (Å²) in [6.07, 6.45) is 1.58. The third-order valence-electron chi connectivity index (χ3n) is 9.77. The summed E-state index contributed by atoms with van der Waals surface area (Å²) in [5.74, 6) is -0.834. The molecule has 0 saturated carbocycles. The van der Waals surface area contributed by atoms with Gasteiger partial charge in [-0.25, -0.2) is 9.97 Å². The van der Waals surface area contributed by atoms with Gasteiger partial charge in [-0.3, -0.25) is 39.2 Å². The summed E-state index contributed by atoms with van der Waals surface area (Å²) in [5.41, 5.74) is 21.6. The zero-order chi connectivity index (χ0) is 40.5. The van der Waals surface area contributed by atoms with Gasteiger partial charge in [-0.15, -0.1) is 0 Å². The zero-order valence-electron chi connectivity index (χ0n) is 32.2. The van der Waals surface area contributed by atoms with Crippen molar-refractivity contribution in [2.75, 3.05) is 30.4 Å². The normalized spacial score (nSPS) is 13.5. The van der Waals surface area contributed by atoms with E-state index in [0.29, 0.717) is 102 Å². The lowest BCUT2D eigenvalue weighted by Crippen LogP contribution is -2.26. The van der Waals surface area contributed by atoms with Gasteiger partial charge in [-0.2, -0.15) is 10.2 Å². The molecule has 5 heterocycles. The molecule has 0 radical (unpaired) electrons. The molecule has 7 rings (SSSR count). The molecule has 0 spiro atoms. The fourth-order valence-electron chi connectivity index (χ4n) is 7.18. The highest BCUT2D eigenvalue weighted by molar-refractivity contribution is 6.05. The predicted molar refractivity (Wildman–Crippen MR) is 211 cm³/mol. The average molecular weight is 780 g/mol. The van der Waals surface area contributed by atoms with Gasteiger partial charge in [-0.05, 0) is 89.9 Å². The minimum Gasteiger partial charge on any atom is -0.491 e. The molecule has 1 aliphatic heterocycles. The summed E-state index contributed by atoms with van der Waals surface area (Å²) in [6, 6.07) is 9.36. The molecule has 0 bridgehead atoms. The summed E-state index contributed by atoms with van der Waals surface area (Å²) in [5, 5.41) is 14.8. The number of primary amides is 2. The van der Waals surface area contributed by atoms with E-state index in [1.54, 1.807) is 45.8 Å². The van der Waals surface area contributed by atoms with Crippen molar-refractivity contribution >= 4 is 57.6 Å². The maximum Gasteiger partial charge on any atom is 0.276 e. The molecule has 8 N–H and O–H groups in total. The number of hydrogen-bond donors (Lipinski definition) is 5. The molecule has 19 nitrogen and oxygen atoms in total. The van der Waals surface area contributed by atoms with Crippen LogP contribution < -0.4 is 37.3 Å². The van der Waals surface area contributed by atoms with Crippen LogP contribution in [0.5, 0.6) is 11.5 Å². The van der Waals surface area contributed by atoms with Gasteiger partial charge in [0.25, 0.3) is 11.8 Å². The lowest BCUT2D eigenvalue weighted by molar-refractivity contribution is 0.0991. The molecule has 0 saturated heterocycles. The van der Waals surface area contributed by atoms with Gasteiger partial charge in [0.05, 0.1) is 35.1 Å². The molecule has 0 fully saturated rings. The van der Waals surface area contributed by atoms with Crippen molar-refractivity contribution in [3.05, 3.63) is 70.3 Å². The number of carbonyl (C=O) groups excluding carboxylic acids is 4. The number of fused-ring (bicyclic) bond motifs is 1. The number of carbonyl (C=O) groups is 4. The number of amides is 4. The number of aromatic nitrogens is 8. The van der Waals surface area contributed by atoms with Gasteiger partial charge in [0.15, 0.2) is 0 Å². The maximum absolute atomic E-state index is 13.7. The second-order valence-corrected chi connectivity index (χ2v) is 13.8. The van der Waals surface area contributed by atoms with Crippen molar-refractivity contribution in [2.24, 2.45) is 17.2 Å². The average Bonchev–Trinajstić information content (AvgIpc) is 3.95. The van der Waals surface area contributed by atoms with Crippen LogP contribution in [0.4, 0.5) is 11.9 Å². The first-order valence-electron chi connectivity index (χ1n) is 18.8. The van der Waals surface area contributed by atoms with Crippen molar-refractivity contribution in [1.82, 2.24) is 38.7 Å². The van der Waals surface area contributed by atoms with Crippen LogP contribution >= 0.6 is 0 Å². The fourth-order valence-corrected chi connectivity index (χ4v) is 7.18. The minimum absolute atomic E-state index is 0.194. The first-order valence-corrected chi connectivity index (χ1v) is 18.8. The number of nitrogens with two attached hydrogens (primary N) is 3. The van der Waals surface area contributed by atoms with Crippen LogP contribution in [0.25, 0.3) is 22.1 Å². The monoisotopic (exact) mass is 779 g/mol. The van der Waals surface area contributed by atoms with Crippen LogP contribution in [0.1, 0.15) is 92.2 Å². The fraction of sp³-hybridized carbons (Fsp3) is 0.368. The van der Waals surface area contributed by atoms with Gasteiger partial charge in [0, 0.05) is 30.8 Å². The maximum atomic E-state index is 13.7. The molecular weight excluding hydrogens is 735 g/mol. The lowest BCUT2D eigenvalue weighted by Gasteiger charge is -2.27. The Labute approximate surface area is 326 Å². The van der Waals surface area contributed by atoms with E-state index in [9.17, 15) is 19.2 Å². The first-order chi connectivity index (χ1) is 27.4. The quantitative estimate of drug-likeness (QED) is 0.0891. The molecule has 4 amide bonds. The van der Waals surface area contributed by atoms with Crippen LogP contribution in [0.3, 0.4) is 0 Å². The topological polar surface area (TPSA) is 260 Å². The SMILES string of the molecule is CCn1nc(C)cc1C(=O)Nc1nc2cc(C(N)=O)cc(OCCCN)c2n1CCC[C@H]1COc2cc(C(N)=O)cc3nc(NC(=O)c4cc(C)nn4CC)n1c23. The number of nitrogens with zero attached hydrogens (tertiary/aromatic N) is 8. The Hall–Kier alpha value is -6.76. The van der Waals surface area contributed by atoms with E-state index in [1.165, 1.54) is 0 Å². The molecular formula is C38H45N13O6. The van der Waals surface area contributed by atoms with Crippen LogP contribution in [0.15, 0.2) is 36.4 Å². The van der Waals surface area contributed by atoms with E-state index in [1.807, 2.05) is 36.8 Å². The van der Waals surface area contributed by atoms with Crippen molar-refractivity contribution < 1.29 is 28.7 Å². The zero-order valence-corrected chi connectivity index (χ0v) is 32.2. The van der Waals surface area contributed by atoms with Gasteiger partial charge >= 0.3 is 0 Å². The van der Waals surface area contributed by atoms with E-state index in [2.05, 4.69) is 20.8 Å². The number of rotatable bonds is 16. The molecule has 0 aliphatic carbocycles. The second-order valence-electron chi connectivity index (χ2n) is 13.8.